The maximum Gasteiger partial charge on any atom is 0.256 e. The molecule has 2 aromatic carbocycles. The van der Waals surface area contributed by atoms with Crippen LogP contribution in [-0.2, 0) is 9.59 Å². The first-order valence-corrected chi connectivity index (χ1v) is 10.1. The third-order valence-corrected chi connectivity index (χ3v) is 6.55. The number of halogens is 1. The second-order valence-electron chi connectivity index (χ2n) is 7.99. The molecule has 1 spiro atoms. The summed E-state index contributed by atoms with van der Waals surface area (Å²) < 4.78 is 0. The summed E-state index contributed by atoms with van der Waals surface area (Å²) in [6.45, 7) is 3.81. The van der Waals surface area contributed by atoms with Crippen LogP contribution in [0, 0.1) is 6.92 Å². The third-order valence-electron chi connectivity index (χ3n) is 6.29. The Morgan fingerprint density at radius 1 is 1.00 bits per heavy atom. The lowest BCUT2D eigenvalue weighted by molar-refractivity contribution is -0.131. The van der Waals surface area contributed by atoms with Gasteiger partial charge in [0.25, 0.3) is 5.91 Å². The van der Waals surface area contributed by atoms with E-state index in [2.05, 4.69) is 41.2 Å². The van der Waals surface area contributed by atoms with Gasteiger partial charge in [0.1, 0.15) is 5.54 Å². The smallest absolute Gasteiger partial charge is 0.256 e. The van der Waals surface area contributed by atoms with Crippen molar-refractivity contribution in [2.24, 2.45) is 0 Å². The number of benzene rings is 2. The highest BCUT2D eigenvalue weighted by Crippen LogP contribution is 2.50. The van der Waals surface area contributed by atoms with E-state index in [4.69, 9.17) is 11.6 Å². The Morgan fingerprint density at radius 2 is 1.71 bits per heavy atom. The lowest BCUT2D eigenvalue weighted by Crippen LogP contribution is -2.52. The van der Waals surface area contributed by atoms with Crippen molar-refractivity contribution in [3.8, 4) is 0 Å². The van der Waals surface area contributed by atoms with Crippen LogP contribution in [0.5, 0.6) is 0 Å². The lowest BCUT2D eigenvalue weighted by atomic mass is 9.87. The molecule has 2 amide bonds. The van der Waals surface area contributed by atoms with Crippen LogP contribution in [0.25, 0.3) is 0 Å². The largest absolute Gasteiger partial charge is 0.274 e. The number of amides is 2. The van der Waals surface area contributed by atoms with Gasteiger partial charge in [0, 0.05) is 18.1 Å². The number of anilines is 1. The number of imide groups is 1. The Labute approximate surface area is 169 Å². The van der Waals surface area contributed by atoms with Crippen LogP contribution in [0.1, 0.15) is 36.4 Å². The summed E-state index contributed by atoms with van der Waals surface area (Å²) in [6, 6.07) is 15.6. The highest BCUT2D eigenvalue weighted by molar-refractivity contribution is 6.31. The zero-order chi connectivity index (χ0) is 19.5. The van der Waals surface area contributed by atoms with Crippen molar-refractivity contribution in [1.29, 1.82) is 0 Å². The van der Waals surface area contributed by atoms with Crippen LogP contribution < -0.4 is 4.90 Å². The van der Waals surface area contributed by atoms with Gasteiger partial charge < -0.3 is 0 Å². The standard InChI is InChI=1S/C22H22ClN3O2/c1-15-3-5-16(6-4-15)19-13-22(25-12-2-11-24(19)25)14-20(27)26(21(22)28)18-9-7-17(23)8-10-18/h3-10,19H,2,11-14H2,1H3. The first kappa shape index (κ1) is 17.9. The number of hydrogen-bond acceptors (Lipinski definition) is 4. The summed E-state index contributed by atoms with van der Waals surface area (Å²) in [5, 5.41) is 5.07. The Kier molecular flexibility index (Phi) is 4.09. The van der Waals surface area contributed by atoms with Gasteiger partial charge in [0.2, 0.25) is 5.91 Å². The van der Waals surface area contributed by atoms with Gasteiger partial charge in [-0.3, -0.25) is 9.59 Å². The number of rotatable bonds is 2. The molecule has 3 fully saturated rings. The summed E-state index contributed by atoms with van der Waals surface area (Å²) in [5.41, 5.74) is 2.25. The predicted octanol–water partition coefficient (Wildman–Crippen LogP) is 3.72. The first-order valence-electron chi connectivity index (χ1n) is 9.73. The van der Waals surface area contributed by atoms with E-state index >= 15 is 0 Å². The Morgan fingerprint density at radius 3 is 2.43 bits per heavy atom. The molecule has 0 N–H and O–H groups in total. The molecule has 3 saturated heterocycles. The average Bonchev–Trinajstić information content (AvgIpc) is 3.33. The maximum absolute atomic E-state index is 13.6. The van der Waals surface area contributed by atoms with Crippen LogP contribution in [0.3, 0.4) is 0 Å². The van der Waals surface area contributed by atoms with Crippen molar-refractivity contribution in [3.05, 3.63) is 64.7 Å². The monoisotopic (exact) mass is 395 g/mol. The molecule has 2 unspecified atom stereocenters. The summed E-state index contributed by atoms with van der Waals surface area (Å²) in [4.78, 5) is 27.9. The van der Waals surface area contributed by atoms with Gasteiger partial charge in [0.15, 0.2) is 0 Å². The van der Waals surface area contributed by atoms with Gasteiger partial charge in [0.05, 0.1) is 18.2 Å². The number of hydrazine groups is 1. The van der Waals surface area contributed by atoms with E-state index < -0.39 is 5.54 Å². The van der Waals surface area contributed by atoms with Crippen LogP contribution in [0.15, 0.2) is 48.5 Å². The fourth-order valence-electron chi connectivity index (χ4n) is 4.96. The van der Waals surface area contributed by atoms with Crippen molar-refractivity contribution >= 4 is 29.1 Å². The van der Waals surface area contributed by atoms with Gasteiger partial charge in [-0.15, -0.1) is 0 Å². The van der Waals surface area contributed by atoms with Gasteiger partial charge in [-0.05, 0) is 49.6 Å². The SMILES string of the molecule is Cc1ccc(C2CC3(CC(=O)N(c4ccc(Cl)cc4)C3=O)N3CCCN23)cc1. The second kappa shape index (κ2) is 6.41. The highest BCUT2D eigenvalue weighted by atomic mass is 35.5. The minimum Gasteiger partial charge on any atom is -0.274 e. The summed E-state index contributed by atoms with van der Waals surface area (Å²) in [5.74, 6) is -0.245. The molecule has 0 saturated carbocycles. The fourth-order valence-corrected chi connectivity index (χ4v) is 5.09. The van der Waals surface area contributed by atoms with E-state index in [0.717, 1.165) is 19.5 Å². The molecule has 2 atom stereocenters. The molecule has 144 valence electrons. The van der Waals surface area contributed by atoms with E-state index in [1.807, 2.05) is 0 Å². The number of aryl methyl sites for hydroxylation is 1. The van der Waals surface area contributed by atoms with Gasteiger partial charge in [-0.2, -0.15) is 0 Å². The van der Waals surface area contributed by atoms with Crippen LogP contribution in [0.2, 0.25) is 5.02 Å². The quantitative estimate of drug-likeness (QED) is 0.727. The Bertz CT molecular complexity index is 943. The minimum atomic E-state index is -0.775. The molecule has 0 aliphatic carbocycles. The van der Waals surface area contributed by atoms with Crippen LogP contribution in [-0.4, -0.2) is 40.5 Å². The molecule has 3 aliphatic rings. The maximum atomic E-state index is 13.6. The lowest BCUT2D eigenvalue weighted by Gasteiger charge is -2.32. The Balaban J connectivity index is 1.52. The molecular weight excluding hydrogens is 374 g/mol. The van der Waals surface area contributed by atoms with Crippen LogP contribution in [0.4, 0.5) is 5.69 Å². The van der Waals surface area contributed by atoms with E-state index in [9.17, 15) is 9.59 Å². The minimum absolute atomic E-state index is 0.110. The normalized spacial score (nSPS) is 27.9. The zero-order valence-corrected chi connectivity index (χ0v) is 16.5. The number of carbonyl (C=O) groups excluding carboxylic acids is 2. The molecule has 3 aliphatic heterocycles. The molecule has 3 heterocycles. The highest BCUT2D eigenvalue weighted by Gasteiger charge is 2.63. The number of carbonyl (C=O) groups is 2. The van der Waals surface area contributed by atoms with E-state index in [1.165, 1.54) is 16.0 Å². The molecule has 5 nitrogen and oxygen atoms in total. The molecule has 0 radical (unpaired) electrons. The molecule has 0 bridgehead atoms. The van der Waals surface area contributed by atoms with Gasteiger partial charge in [-0.1, -0.05) is 41.4 Å². The number of fused-ring (bicyclic) bond motifs is 2. The summed E-state index contributed by atoms with van der Waals surface area (Å²) in [6.07, 6.45) is 1.88. The van der Waals surface area contributed by atoms with E-state index in [0.29, 0.717) is 17.1 Å². The number of hydrogen-bond donors (Lipinski definition) is 0. The van der Waals surface area contributed by atoms with Gasteiger partial charge >= 0.3 is 0 Å². The molecule has 0 aromatic heterocycles. The van der Waals surface area contributed by atoms with Crippen molar-refractivity contribution < 1.29 is 9.59 Å². The molecule has 2 aromatic rings. The Hall–Kier alpha value is -2.21. The topological polar surface area (TPSA) is 43.9 Å². The summed E-state index contributed by atoms with van der Waals surface area (Å²) in [7, 11) is 0. The molecule has 28 heavy (non-hydrogen) atoms. The van der Waals surface area contributed by atoms with Crippen molar-refractivity contribution in [2.75, 3.05) is 18.0 Å². The number of nitrogens with zero attached hydrogens (tertiary/aromatic N) is 3. The van der Waals surface area contributed by atoms with Crippen molar-refractivity contribution in [1.82, 2.24) is 10.0 Å². The molecule has 6 heteroatoms. The fraction of sp³-hybridized carbons (Fsp3) is 0.364. The van der Waals surface area contributed by atoms with Gasteiger partial charge in [-0.25, -0.2) is 14.9 Å². The first-order chi connectivity index (χ1) is 13.5. The van der Waals surface area contributed by atoms with Crippen molar-refractivity contribution in [3.63, 3.8) is 0 Å². The zero-order valence-electron chi connectivity index (χ0n) is 15.8. The third kappa shape index (κ3) is 2.54. The second-order valence-corrected chi connectivity index (χ2v) is 8.43. The van der Waals surface area contributed by atoms with Crippen molar-refractivity contribution in [2.45, 2.75) is 37.8 Å². The average molecular weight is 396 g/mol. The van der Waals surface area contributed by atoms with E-state index in [-0.39, 0.29) is 24.3 Å². The van der Waals surface area contributed by atoms with Crippen LogP contribution >= 0.6 is 11.6 Å². The summed E-state index contributed by atoms with van der Waals surface area (Å²) >= 11 is 5.98. The molecular formula is C22H22ClN3O2. The molecule has 5 rings (SSSR count). The van der Waals surface area contributed by atoms with E-state index in [1.54, 1.807) is 24.3 Å². The predicted molar refractivity (Wildman–Crippen MR) is 108 cm³/mol.